The monoisotopic (exact) mass is 513 g/mol. The summed E-state index contributed by atoms with van der Waals surface area (Å²) in [5.74, 6) is 0.486. The first-order valence-electron chi connectivity index (χ1n) is 15.0. The molecule has 1 unspecified atom stereocenters. The quantitative estimate of drug-likeness (QED) is 0.380. The van der Waals surface area contributed by atoms with Crippen molar-refractivity contribution in [1.29, 1.82) is 0 Å². The minimum Gasteiger partial charge on any atom is -0.478 e. The molecule has 0 bridgehead atoms. The number of rotatable bonds is 6. The Labute approximate surface area is 227 Å². The molecule has 1 saturated carbocycles. The molecule has 1 saturated heterocycles. The standard InChI is InChI=1S/C33H43N3O2/c1-3-24-11-13-28-29(20-24)35(17-16-34-15-7-8-23(2)22-34)18-19-36-30-21-26(33(37)38)12-14-27(30)31(32(28)36)25-9-5-4-6-10-25/h11-14,20-21,23,25H,3-10,15-19,22H2,1-2H3,(H,37,38). The van der Waals surface area contributed by atoms with Crippen LogP contribution in [0.2, 0.25) is 0 Å². The van der Waals surface area contributed by atoms with Crippen molar-refractivity contribution in [2.45, 2.75) is 77.7 Å². The summed E-state index contributed by atoms with van der Waals surface area (Å²) < 4.78 is 2.47. The summed E-state index contributed by atoms with van der Waals surface area (Å²) >= 11 is 0. The van der Waals surface area contributed by atoms with Crippen LogP contribution >= 0.6 is 0 Å². The number of aryl methyl sites for hydroxylation is 1. The van der Waals surface area contributed by atoms with E-state index < -0.39 is 5.97 Å². The van der Waals surface area contributed by atoms with E-state index in [2.05, 4.69) is 52.5 Å². The summed E-state index contributed by atoms with van der Waals surface area (Å²) in [6.45, 7) is 11.0. The van der Waals surface area contributed by atoms with Gasteiger partial charge in [-0.05, 0) is 79.8 Å². The van der Waals surface area contributed by atoms with Crippen LogP contribution in [-0.4, -0.2) is 53.3 Å². The largest absolute Gasteiger partial charge is 0.478 e. The van der Waals surface area contributed by atoms with E-state index in [4.69, 9.17) is 0 Å². The number of hydrogen-bond acceptors (Lipinski definition) is 3. The third-order valence-corrected chi connectivity index (χ3v) is 9.45. The van der Waals surface area contributed by atoms with Crippen molar-refractivity contribution in [3.8, 4) is 11.3 Å². The molecule has 2 fully saturated rings. The Morgan fingerprint density at radius 2 is 1.79 bits per heavy atom. The van der Waals surface area contributed by atoms with E-state index in [0.29, 0.717) is 11.5 Å². The molecule has 2 aromatic carbocycles. The minimum atomic E-state index is -0.847. The Bertz CT molecular complexity index is 1320. The van der Waals surface area contributed by atoms with Crippen LogP contribution < -0.4 is 4.90 Å². The second-order valence-corrected chi connectivity index (χ2v) is 12.0. The van der Waals surface area contributed by atoms with Crippen LogP contribution in [0.4, 0.5) is 5.69 Å². The van der Waals surface area contributed by atoms with Crippen molar-refractivity contribution < 1.29 is 9.90 Å². The van der Waals surface area contributed by atoms with Gasteiger partial charge in [-0.15, -0.1) is 0 Å². The van der Waals surface area contributed by atoms with Crippen molar-refractivity contribution in [1.82, 2.24) is 9.47 Å². The first-order valence-corrected chi connectivity index (χ1v) is 15.0. The molecular weight excluding hydrogens is 470 g/mol. The van der Waals surface area contributed by atoms with Gasteiger partial charge in [-0.2, -0.15) is 0 Å². The lowest BCUT2D eigenvalue weighted by atomic mass is 9.81. The minimum absolute atomic E-state index is 0.384. The van der Waals surface area contributed by atoms with Gasteiger partial charge in [-0.3, -0.25) is 0 Å². The van der Waals surface area contributed by atoms with Crippen LogP contribution in [0.5, 0.6) is 0 Å². The van der Waals surface area contributed by atoms with Crippen molar-refractivity contribution in [3.05, 3.63) is 53.1 Å². The van der Waals surface area contributed by atoms with Crippen LogP contribution in [0.3, 0.4) is 0 Å². The third-order valence-electron chi connectivity index (χ3n) is 9.45. The number of carboxylic acid groups (broad SMARTS) is 1. The maximum absolute atomic E-state index is 11.9. The van der Waals surface area contributed by atoms with E-state index in [1.165, 1.54) is 91.5 Å². The number of aromatic nitrogens is 1. The number of benzene rings is 2. The summed E-state index contributed by atoms with van der Waals surface area (Å²) in [7, 11) is 0. The molecular formula is C33H43N3O2. The molecule has 202 valence electrons. The van der Waals surface area contributed by atoms with Gasteiger partial charge < -0.3 is 19.5 Å². The SMILES string of the molecule is CCc1ccc2c(c1)N(CCN1CCCC(C)C1)CCn1c-2c(C2CCCCC2)c2ccc(C(=O)O)cc21. The van der Waals surface area contributed by atoms with Gasteiger partial charge >= 0.3 is 5.97 Å². The summed E-state index contributed by atoms with van der Waals surface area (Å²) in [5, 5.41) is 11.1. The highest BCUT2D eigenvalue weighted by Crippen LogP contribution is 2.47. The molecule has 0 radical (unpaired) electrons. The van der Waals surface area contributed by atoms with Gasteiger partial charge in [0.1, 0.15) is 0 Å². The Hall–Kier alpha value is -2.79. The van der Waals surface area contributed by atoms with Gasteiger partial charge in [0.05, 0.1) is 11.3 Å². The number of anilines is 1. The predicted octanol–water partition coefficient (Wildman–Crippen LogP) is 7.17. The third kappa shape index (κ3) is 4.75. The molecule has 38 heavy (non-hydrogen) atoms. The Kier molecular flexibility index (Phi) is 7.22. The van der Waals surface area contributed by atoms with Gasteiger partial charge in [0.15, 0.2) is 0 Å². The molecule has 3 heterocycles. The molecule has 1 aliphatic carbocycles. The summed E-state index contributed by atoms with van der Waals surface area (Å²) in [5.41, 5.74) is 8.38. The number of piperidine rings is 1. The Morgan fingerprint density at radius 1 is 0.947 bits per heavy atom. The van der Waals surface area contributed by atoms with Gasteiger partial charge in [0, 0.05) is 54.9 Å². The number of carbonyl (C=O) groups is 1. The number of aromatic carboxylic acids is 1. The van der Waals surface area contributed by atoms with Crippen molar-refractivity contribution in [2.75, 3.05) is 37.6 Å². The number of hydrogen-bond donors (Lipinski definition) is 1. The van der Waals surface area contributed by atoms with E-state index >= 15 is 0 Å². The lowest BCUT2D eigenvalue weighted by Crippen LogP contribution is -2.41. The number of likely N-dealkylation sites (tertiary alicyclic amines) is 1. The maximum Gasteiger partial charge on any atom is 0.335 e. The van der Waals surface area contributed by atoms with Crippen LogP contribution in [-0.2, 0) is 13.0 Å². The highest BCUT2D eigenvalue weighted by molar-refractivity contribution is 5.99. The molecule has 0 spiro atoms. The van der Waals surface area contributed by atoms with Gasteiger partial charge in [0.25, 0.3) is 0 Å². The summed E-state index contributed by atoms with van der Waals surface area (Å²) in [6.07, 6.45) is 10.0. The van der Waals surface area contributed by atoms with Crippen LogP contribution in [0.25, 0.3) is 22.2 Å². The molecule has 1 aromatic heterocycles. The van der Waals surface area contributed by atoms with Crippen molar-refractivity contribution in [2.24, 2.45) is 5.92 Å². The van der Waals surface area contributed by atoms with E-state index in [1.807, 2.05) is 12.1 Å². The molecule has 5 nitrogen and oxygen atoms in total. The van der Waals surface area contributed by atoms with Gasteiger partial charge in [-0.25, -0.2) is 4.79 Å². The first-order chi connectivity index (χ1) is 18.5. The Morgan fingerprint density at radius 3 is 2.55 bits per heavy atom. The zero-order chi connectivity index (χ0) is 26.2. The van der Waals surface area contributed by atoms with Gasteiger partial charge in [0.2, 0.25) is 0 Å². The van der Waals surface area contributed by atoms with Crippen LogP contribution in [0, 0.1) is 5.92 Å². The fraction of sp³-hybridized carbons (Fsp3) is 0.545. The zero-order valence-corrected chi connectivity index (χ0v) is 23.2. The lowest BCUT2D eigenvalue weighted by Gasteiger charge is -2.34. The van der Waals surface area contributed by atoms with E-state index in [9.17, 15) is 9.90 Å². The molecule has 0 amide bonds. The summed E-state index contributed by atoms with van der Waals surface area (Å²) in [4.78, 5) is 17.2. The molecule has 2 aliphatic heterocycles. The van der Waals surface area contributed by atoms with Crippen molar-refractivity contribution in [3.63, 3.8) is 0 Å². The summed E-state index contributed by atoms with van der Waals surface area (Å²) in [6, 6.07) is 12.9. The average molecular weight is 514 g/mol. The van der Waals surface area contributed by atoms with Crippen LogP contribution in [0.15, 0.2) is 36.4 Å². The second kappa shape index (κ2) is 10.8. The second-order valence-electron chi connectivity index (χ2n) is 12.0. The number of carboxylic acids is 1. The number of nitrogens with zero attached hydrogens (tertiary/aromatic N) is 3. The molecule has 1 atom stereocenters. The average Bonchev–Trinajstić information content (AvgIpc) is 3.17. The molecule has 3 aromatic rings. The number of fused-ring (bicyclic) bond motifs is 5. The van der Waals surface area contributed by atoms with Crippen molar-refractivity contribution >= 4 is 22.6 Å². The molecule has 3 aliphatic rings. The molecule has 5 heteroatoms. The smallest absolute Gasteiger partial charge is 0.335 e. The molecule has 6 rings (SSSR count). The fourth-order valence-electron chi connectivity index (χ4n) is 7.42. The highest BCUT2D eigenvalue weighted by atomic mass is 16.4. The van der Waals surface area contributed by atoms with Crippen LogP contribution in [0.1, 0.15) is 86.2 Å². The fourth-order valence-corrected chi connectivity index (χ4v) is 7.42. The Balaban J connectivity index is 1.47. The zero-order valence-electron chi connectivity index (χ0n) is 23.2. The topological polar surface area (TPSA) is 48.7 Å². The van der Waals surface area contributed by atoms with E-state index in [-0.39, 0.29) is 0 Å². The van der Waals surface area contributed by atoms with Gasteiger partial charge in [-0.1, -0.05) is 51.3 Å². The normalized spacial score (nSPS) is 20.8. The highest BCUT2D eigenvalue weighted by Gasteiger charge is 2.31. The maximum atomic E-state index is 11.9. The predicted molar refractivity (Wildman–Crippen MR) is 157 cm³/mol. The molecule has 1 N–H and O–H groups in total. The first kappa shape index (κ1) is 25.5. The van der Waals surface area contributed by atoms with E-state index in [1.54, 1.807) is 0 Å². The lowest BCUT2D eigenvalue weighted by molar-refractivity contribution is 0.0697. The van der Waals surface area contributed by atoms with E-state index in [0.717, 1.165) is 44.0 Å².